The number of hydrogen-bond acceptors (Lipinski definition) is 3. The second kappa shape index (κ2) is 9.76. The first kappa shape index (κ1) is 19.8. The Bertz CT molecular complexity index is 509. The lowest BCUT2D eigenvalue weighted by Crippen LogP contribution is -2.39. The van der Waals surface area contributed by atoms with Gasteiger partial charge >= 0.3 is 14.0 Å². The number of nitrogens with two attached hydrogens (primary N) is 1. The Kier molecular flexibility index (Phi) is 8.38. The van der Waals surface area contributed by atoms with Crippen LogP contribution in [-0.4, -0.2) is 27.7 Å². The van der Waals surface area contributed by atoms with E-state index in [-0.39, 0.29) is 13.0 Å². The first-order valence-electron chi connectivity index (χ1n) is 8.07. The predicted molar refractivity (Wildman–Crippen MR) is 91.6 cm³/mol. The van der Waals surface area contributed by atoms with Gasteiger partial charge in [0, 0.05) is 12.8 Å². The molecule has 0 heterocycles. The highest BCUT2D eigenvalue weighted by Gasteiger charge is 2.55. The summed E-state index contributed by atoms with van der Waals surface area (Å²) < 4.78 is 11.9. The van der Waals surface area contributed by atoms with Crippen molar-refractivity contribution >= 4 is 14.0 Å². The minimum Gasteiger partial charge on any atom is -0.481 e. The monoisotopic (exact) mass is 340 g/mol. The van der Waals surface area contributed by atoms with Gasteiger partial charge < -0.3 is 10.8 Å². The number of carboxylic acid groups (broad SMARTS) is 1. The second-order valence-electron chi connectivity index (χ2n) is 6.02. The van der Waals surface area contributed by atoms with Crippen molar-refractivity contribution in [2.45, 2.75) is 50.6 Å². The molecule has 1 aromatic rings. The van der Waals surface area contributed by atoms with Crippen LogP contribution in [0.15, 0.2) is 30.3 Å². The molecule has 5 nitrogen and oxygen atoms in total. The van der Waals surface area contributed by atoms with Gasteiger partial charge in [0.2, 0.25) is 5.16 Å². The minimum absolute atomic E-state index is 0.212. The quantitative estimate of drug-likeness (QED) is 0.424. The molecule has 0 saturated carbocycles. The van der Waals surface area contributed by atoms with E-state index in [1.165, 1.54) is 12.5 Å². The maximum absolute atomic E-state index is 11.9. The number of unbranched alkanes of at least 4 members (excludes halogenated alkanes) is 2. The van der Waals surface area contributed by atoms with Gasteiger partial charge in [0.25, 0.3) is 0 Å². The molecule has 3 atom stereocenters. The summed E-state index contributed by atoms with van der Waals surface area (Å²) in [6.07, 6.45) is 4.24. The van der Waals surface area contributed by atoms with Crippen LogP contribution in [-0.2, 0) is 15.8 Å². The van der Waals surface area contributed by atoms with Crippen LogP contribution < -0.4 is 5.73 Å². The molecule has 6 heteroatoms. The lowest BCUT2D eigenvalue weighted by molar-refractivity contribution is -0.142. The third-order valence-corrected chi connectivity index (χ3v) is 6.15. The summed E-state index contributed by atoms with van der Waals surface area (Å²) in [4.78, 5) is 21.1. The lowest BCUT2D eigenvalue weighted by Gasteiger charge is -2.25. The fourth-order valence-corrected chi connectivity index (χ4v) is 4.09. The molecule has 0 aliphatic heterocycles. The molecule has 0 aromatic heterocycles. The van der Waals surface area contributed by atoms with E-state index in [0.717, 1.165) is 25.7 Å². The number of aryl methyl sites for hydroxylation is 1. The largest absolute Gasteiger partial charge is 0.512 e. The normalized spacial score (nSPS) is 15.7. The van der Waals surface area contributed by atoms with E-state index in [2.05, 4.69) is 12.1 Å². The Hall–Kier alpha value is -1.29. The van der Waals surface area contributed by atoms with Crippen LogP contribution in [0.25, 0.3) is 0 Å². The van der Waals surface area contributed by atoms with Crippen LogP contribution in [0, 0.1) is 5.92 Å². The summed E-state index contributed by atoms with van der Waals surface area (Å²) in [7, 11) is -2.60. The lowest BCUT2D eigenvalue weighted by atomic mass is 9.85. The van der Waals surface area contributed by atoms with Crippen LogP contribution in [0.3, 0.4) is 0 Å². The molecule has 0 amide bonds. The van der Waals surface area contributed by atoms with Gasteiger partial charge in [-0.2, -0.15) is 4.89 Å². The van der Waals surface area contributed by atoms with E-state index in [1.807, 2.05) is 18.2 Å². The van der Waals surface area contributed by atoms with Crippen LogP contribution in [0.2, 0.25) is 0 Å². The first-order valence-corrected chi connectivity index (χ1v) is 9.28. The first-order chi connectivity index (χ1) is 10.9. The average molecular weight is 340 g/mol. The zero-order valence-corrected chi connectivity index (χ0v) is 14.5. The molecule has 128 valence electrons. The fraction of sp³-hybridized carbons (Fsp3) is 0.588. The van der Waals surface area contributed by atoms with Crippen LogP contribution in [0.4, 0.5) is 0 Å². The standard InChI is InChI=1S/C17H26NO4P/c1-14(16(19)20)17(12-13-18,23(21)22)11-7-3-6-10-15-8-4-2-5-9-15/h2,4-5,8-9,14H,3,6-7,10-13,18H2,1H3,(H-,19,20,21,22)/p+1. The van der Waals surface area contributed by atoms with Gasteiger partial charge in [-0.3, -0.25) is 4.79 Å². The Morgan fingerprint density at radius 2 is 1.87 bits per heavy atom. The molecular formula is C17H27NO4P+. The molecule has 0 saturated heterocycles. The van der Waals surface area contributed by atoms with Gasteiger partial charge in [-0.05, 0) is 42.9 Å². The second-order valence-corrected chi connectivity index (χ2v) is 7.46. The maximum Gasteiger partial charge on any atom is 0.512 e. The molecule has 0 aliphatic carbocycles. The van der Waals surface area contributed by atoms with Gasteiger partial charge in [-0.25, -0.2) is 0 Å². The molecule has 0 radical (unpaired) electrons. The van der Waals surface area contributed by atoms with Crippen molar-refractivity contribution in [3.63, 3.8) is 0 Å². The van der Waals surface area contributed by atoms with Crippen molar-refractivity contribution in [1.82, 2.24) is 0 Å². The van der Waals surface area contributed by atoms with Gasteiger partial charge in [0.1, 0.15) is 5.92 Å². The predicted octanol–water partition coefficient (Wildman–Crippen LogP) is 3.33. The molecule has 1 rings (SSSR count). The fourth-order valence-electron chi connectivity index (χ4n) is 2.98. The highest BCUT2D eigenvalue weighted by atomic mass is 31.1. The number of aliphatic carboxylic acids is 1. The summed E-state index contributed by atoms with van der Waals surface area (Å²) in [6, 6.07) is 10.2. The van der Waals surface area contributed by atoms with Crippen molar-refractivity contribution in [1.29, 1.82) is 0 Å². The smallest absolute Gasteiger partial charge is 0.481 e. The number of hydrogen-bond donors (Lipinski definition) is 3. The van der Waals surface area contributed by atoms with Crippen molar-refractivity contribution < 1.29 is 19.4 Å². The zero-order chi connectivity index (χ0) is 17.3. The molecule has 23 heavy (non-hydrogen) atoms. The number of carboxylic acids is 1. The number of rotatable bonds is 11. The Morgan fingerprint density at radius 1 is 1.22 bits per heavy atom. The summed E-state index contributed by atoms with van der Waals surface area (Å²) in [5, 5.41) is 8.14. The van der Waals surface area contributed by atoms with Gasteiger partial charge in [-0.1, -0.05) is 36.8 Å². The van der Waals surface area contributed by atoms with Crippen molar-refractivity contribution in [3.05, 3.63) is 35.9 Å². The summed E-state index contributed by atoms with van der Waals surface area (Å²) in [6.45, 7) is 1.72. The number of carbonyl (C=O) groups is 1. The Labute approximate surface area is 138 Å². The van der Waals surface area contributed by atoms with Crippen LogP contribution in [0.1, 0.15) is 44.6 Å². The zero-order valence-electron chi connectivity index (χ0n) is 13.6. The van der Waals surface area contributed by atoms with E-state index in [4.69, 9.17) is 5.73 Å². The third kappa shape index (κ3) is 5.69. The van der Waals surface area contributed by atoms with E-state index in [9.17, 15) is 19.4 Å². The number of benzene rings is 1. The van der Waals surface area contributed by atoms with Gasteiger partial charge in [-0.15, -0.1) is 0 Å². The summed E-state index contributed by atoms with van der Waals surface area (Å²) in [5.41, 5.74) is 6.84. The highest BCUT2D eigenvalue weighted by molar-refractivity contribution is 7.40. The van der Waals surface area contributed by atoms with Crippen molar-refractivity contribution in [2.75, 3.05) is 6.54 Å². The van der Waals surface area contributed by atoms with Crippen LogP contribution in [0.5, 0.6) is 0 Å². The molecule has 0 aliphatic rings. The topological polar surface area (TPSA) is 101 Å². The molecule has 4 N–H and O–H groups in total. The Morgan fingerprint density at radius 3 is 2.39 bits per heavy atom. The van der Waals surface area contributed by atoms with E-state index >= 15 is 0 Å². The van der Waals surface area contributed by atoms with E-state index < -0.39 is 25.1 Å². The van der Waals surface area contributed by atoms with Gasteiger partial charge in [0.05, 0.1) is 0 Å². The van der Waals surface area contributed by atoms with E-state index in [1.54, 1.807) is 0 Å². The van der Waals surface area contributed by atoms with Gasteiger partial charge in [0.15, 0.2) is 0 Å². The highest BCUT2D eigenvalue weighted by Crippen LogP contribution is 2.48. The Balaban J connectivity index is 2.57. The molecule has 0 fully saturated rings. The molecule has 0 bridgehead atoms. The summed E-state index contributed by atoms with van der Waals surface area (Å²) >= 11 is 0. The SMILES string of the molecule is CC(C(=O)O)C(CCN)(CCCCCc1ccccc1)[P+](=O)O. The van der Waals surface area contributed by atoms with E-state index in [0.29, 0.717) is 6.42 Å². The average Bonchev–Trinajstić information content (AvgIpc) is 2.53. The molecule has 3 unspecified atom stereocenters. The molecule has 0 spiro atoms. The minimum atomic E-state index is -2.60. The van der Waals surface area contributed by atoms with Crippen LogP contribution >= 0.6 is 8.03 Å². The van der Waals surface area contributed by atoms with Crippen molar-refractivity contribution in [2.24, 2.45) is 11.7 Å². The molecular weight excluding hydrogens is 313 g/mol. The maximum atomic E-state index is 11.9. The third-order valence-electron chi connectivity index (χ3n) is 4.55. The summed E-state index contributed by atoms with van der Waals surface area (Å²) in [5.74, 6) is -1.92. The van der Waals surface area contributed by atoms with Crippen molar-refractivity contribution in [3.8, 4) is 0 Å². The molecule has 1 aromatic carbocycles.